The van der Waals surface area contributed by atoms with Gasteiger partial charge in [-0.05, 0) is 24.1 Å². The smallest absolute Gasteiger partial charge is 0.336 e. The monoisotopic (exact) mass is 240 g/mol. The number of halogens is 1. The average molecular weight is 240 g/mol. The number of rotatable bonds is 4. The Bertz CT molecular complexity index is 413. The Hall–Kier alpha value is -1.46. The number of ether oxygens (including phenoxy) is 2. The lowest BCUT2D eigenvalue weighted by molar-refractivity contribution is 0.0308. The Morgan fingerprint density at radius 3 is 3.06 bits per heavy atom. The minimum atomic E-state index is -1.15. The zero-order valence-corrected chi connectivity index (χ0v) is 9.19. The van der Waals surface area contributed by atoms with Crippen molar-refractivity contribution < 1.29 is 23.8 Å². The van der Waals surface area contributed by atoms with Crippen molar-refractivity contribution in [2.24, 2.45) is 0 Å². The van der Waals surface area contributed by atoms with E-state index in [2.05, 4.69) is 0 Å². The Kier molecular flexibility index (Phi) is 3.71. The molecule has 1 N–H and O–H groups in total. The first kappa shape index (κ1) is 12.0. The van der Waals surface area contributed by atoms with Crippen LogP contribution in [0, 0.1) is 5.82 Å². The number of carboxylic acids is 1. The van der Waals surface area contributed by atoms with Gasteiger partial charge in [-0.25, -0.2) is 9.18 Å². The highest BCUT2D eigenvalue weighted by Gasteiger charge is 2.18. The van der Waals surface area contributed by atoms with Gasteiger partial charge < -0.3 is 14.6 Å². The lowest BCUT2D eigenvalue weighted by atomic mass is 10.1. The molecule has 1 aromatic rings. The van der Waals surface area contributed by atoms with E-state index in [1.54, 1.807) is 0 Å². The third kappa shape index (κ3) is 3.01. The first-order valence-corrected chi connectivity index (χ1v) is 5.38. The molecule has 2 rings (SSSR count). The summed E-state index contributed by atoms with van der Waals surface area (Å²) < 4.78 is 23.6. The first-order valence-electron chi connectivity index (χ1n) is 5.38. The van der Waals surface area contributed by atoms with Gasteiger partial charge in [-0.2, -0.15) is 0 Å². The zero-order valence-electron chi connectivity index (χ0n) is 9.19. The van der Waals surface area contributed by atoms with E-state index in [0.29, 0.717) is 18.8 Å². The Labute approximate surface area is 98.0 Å². The quantitative estimate of drug-likeness (QED) is 0.872. The molecule has 1 aliphatic rings. The summed E-state index contributed by atoms with van der Waals surface area (Å²) in [6.45, 7) is 1.36. The van der Waals surface area contributed by atoms with Crippen molar-refractivity contribution in [1.82, 2.24) is 0 Å². The molecule has 1 heterocycles. The van der Waals surface area contributed by atoms with Crippen LogP contribution in [-0.2, 0) is 16.1 Å². The van der Waals surface area contributed by atoms with Crippen molar-refractivity contribution >= 4 is 5.97 Å². The molecule has 1 aliphatic heterocycles. The second-order valence-electron chi connectivity index (χ2n) is 3.90. The molecule has 92 valence electrons. The second kappa shape index (κ2) is 5.25. The number of benzene rings is 1. The van der Waals surface area contributed by atoms with Gasteiger partial charge in [0.05, 0.1) is 24.9 Å². The predicted molar refractivity (Wildman–Crippen MR) is 57.4 cm³/mol. The molecule has 5 heteroatoms. The summed E-state index contributed by atoms with van der Waals surface area (Å²) >= 11 is 0. The van der Waals surface area contributed by atoms with E-state index in [0.717, 1.165) is 12.5 Å². The van der Waals surface area contributed by atoms with Crippen molar-refractivity contribution in [2.45, 2.75) is 19.1 Å². The maximum atomic E-state index is 12.9. The van der Waals surface area contributed by atoms with Crippen LogP contribution in [0.3, 0.4) is 0 Å². The lowest BCUT2D eigenvalue weighted by Gasteiger charge is -2.11. The van der Waals surface area contributed by atoms with E-state index in [-0.39, 0.29) is 18.3 Å². The molecule has 1 fully saturated rings. The summed E-state index contributed by atoms with van der Waals surface area (Å²) in [6, 6.07) is 3.68. The van der Waals surface area contributed by atoms with E-state index in [9.17, 15) is 9.18 Å². The van der Waals surface area contributed by atoms with E-state index < -0.39 is 11.8 Å². The summed E-state index contributed by atoms with van der Waals surface area (Å²) in [5, 5.41) is 8.94. The van der Waals surface area contributed by atoms with Gasteiger partial charge in [-0.15, -0.1) is 0 Å². The van der Waals surface area contributed by atoms with Crippen molar-refractivity contribution in [2.75, 3.05) is 13.2 Å². The van der Waals surface area contributed by atoms with Gasteiger partial charge in [-0.3, -0.25) is 0 Å². The van der Waals surface area contributed by atoms with Crippen LogP contribution in [0.15, 0.2) is 18.2 Å². The third-order valence-electron chi connectivity index (χ3n) is 2.66. The summed E-state index contributed by atoms with van der Waals surface area (Å²) in [4.78, 5) is 10.9. The standard InChI is InChI=1S/C12H13FO4/c13-9-2-1-8(11(5-9)12(14)15)6-17-10-3-4-16-7-10/h1-2,5,10H,3-4,6-7H2,(H,14,15). The largest absolute Gasteiger partial charge is 0.478 e. The normalized spacial score (nSPS) is 19.5. The SMILES string of the molecule is O=C(O)c1cc(F)ccc1COC1CCOC1. The molecule has 1 aromatic carbocycles. The van der Waals surface area contributed by atoms with E-state index in [1.807, 2.05) is 0 Å². The minimum Gasteiger partial charge on any atom is -0.478 e. The molecular formula is C12H13FO4. The Balaban J connectivity index is 2.06. The van der Waals surface area contributed by atoms with Crippen molar-refractivity contribution in [3.63, 3.8) is 0 Å². The maximum Gasteiger partial charge on any atom is 0.336 e. The van der Waals surface area contributed by atoms with E-state index in [1.165, 1.54) is 12.1 Å². The Morgan fingerprint density at radius 2 is 2.41 bits per heavy atom. The predicted octanol–water partition coefficient (Wildman–Crippen LogP) is 1.83. The van der Waals surface area contributed by atoms with Crippen LogP contribution in [0.5, 0.6) is 0 Å². The minimum absolute atomic E-state index is 0.00157. The molecule has 0 spiro atoms. The summed E-state index contributed by atoms with van der Waals surface area (Å²) in [5.41, 5.74) is 0.426. The number of aromatic carboxylic acids is 1. The van der Waals surface area contributed by atoms with Gasteiger partial charge in [-0.1, -0.05) is 6.07 Å². The average Bonchev–Trinajstić information content (AvgIpc) is 2.80. The molecule has 0 saturated carbocycles. The third-order valence-corrected chi connectivity index (χ3v) is 2.66. The molecular weight excluding hydrogens is 227 g/mol. The van der Waals surface area contributed by atoms with Gasteiger partial charge >= 0.3 is 5.97 Å². The lowest BCUT2D eigenvalue weighted by Crippen LogP contribution is -2.13. The van der Waals surface area contributed by atoms with Crippen molar-refractivity contribution in [3.05, 3.63) is 35.1 Å². The molecule has 0 aliphatic carbocycles. The summed E-state index contributed by atoms with van der Waals surface area (Å²) in [5.74, 6) is -1.71. The molecule has 1 saturated heterocycles. The fourth-order valence-corrected chi connectivity index (χ4v) is 1.73. The second-order valence-corrected chi connectivity index (χ2v) is 3.90. The van der Waals surface area contributed by atoms with Gasteiger partial charge in [0.15, 0.2) is 0 Å². The van der Waals surface area contributed by atoms with Crippen LogP contribution in [0.4, 0.5) is 4.39 Å². The summed E-state index contributed by atoms with van der Waals surface area (Å²) in [7, 11) is 0. The van der Waals surface area contributed by atoms with Crippen LogP contribution in [0.1, 0.15) is 22.3 Å². The Morgan fingerprint density at radius 1 is 1.59 bits per heavy atom. The topological polar surface area (TPSA) is 55.8 Å². The van der Waals surface area contributed by atoms with Gasteiger partial charge in [0.2, 0.25) is 0 Å². The first-order chi connectivity index (χ1) is 8.16. The van der Waals surface area contributed by atoms with Crippen molar-refractivity contribution in [1.29, 1.82) is 0 Å². The molecule has 0 radical (unpaired) electrons. The van der Waals surface area contributed by atoms with Crippen LogP contribution in [0.2, 0.25) is 0 Å². The highest BCUT2D eigenvalue weighted by Crippen LogP contribution is 2.16. The van der Waals surface area contributed by atoms with Gasteiger partial charge in [0, 0.05) is 6.61 Å². The number of carboxylic acid groups (broad SMARTS) is 1. The number of carbonyl (C=O) groups is 1. The van der Waals surface area contributed by atoms with Crippen LogP contribution >= 0.6 is 0 Å². The van der Waals surface area contributed by atoms with Crippen LogP contribution in [0.25, 0.3) is 0 Å². The van der Waals surface area contributed by atoms with Crippen molar-refractivity contribution in [3.8, 4) is 0 Å². The van der Waals surface area contributed by atoms with E-state index >= 15 is 0 Å². The van der Waals surface area contributed by atoms with Crippen LogP contribution < -0.4 is 0 Å². The van der Waals surface area contributed by atoms with Gasteiger partial charge in [0.25, 0.3) is 0 Å². The number of hydrogen-bond acceptors (Lipinski definition) is 3. The number of hydrogen-bond donors (Lipinski definition) is 1. The molecule has 1 atom stereocenters. The molecule has 1 unspecified atom stereocenters. The molecule has 0 aromatic heterocycles. The fraction of sp³-hybridized carbons (Fsp3) is 0.417. The molecule has 17 heavy (non-hydrogen) atoms. The zero-order chi connectivity index (χ0) is 12.3. The molecule has 0 bridgehead atoms. The fourth-order valence-electron chi connectivity index (χ4n) is 1.73. The van der Waals surface area contributed by atoms with Crippen LogP contribution in [-0.4, -0.2) is 30.4 Å². The maximum absolute atomic E-state index is 12.9. The van der Waals surface area contributed by atoms with E-state index in [4.69, 9.17) is 14.6 Å². The highest BCUT2D eigenvalue weighted by atomic mass is 19.1. The highest BCUT2D eigenvalue weighted by molar-refractivity contribution is 5.89. The molecule has 0 amide bonds. The molecule has 4 nitrogen and oxygen atoms in total. The summed E-state index contributed by atoms with van der Waals surface area (Å²) in [6.07, 6.45) is 0.811. The van der Waals surface area contributed by atoms with Gasteiger partial charge in [0.1, 0.15) is 5.82 Å².